The molecule has 0 unspecified atom stereocenters. The molecule has 8 heterocycles. The van der Waals surface area contributed by atoms with Crippen molar-refractivity contribution < 1.29 is 9.13 Å². The second kappa shape index (κ2) is 34.8. The topological polar surface area (TPSA) is 27.5 Å². The van der Waals surface area contributed by atoms with E-state index in [1.165, 1.54) is 264 Å². The molecule has 33 rings (SSSR count). The van der Waals surface area contributed by atoms with E-state index < -0.39 is 0 Å². The third-order valence-corrected chi connectivity index (χ3v) is 32.0. The maximum absolute atomic E-state index is 2.44. The smallest absolute Gasteiger partial charge is 0.309 e. The van der Waals surface area contributed by atoms with Crippen LogP contribution in [0, 0.1) is 0 Å². The van der Waals surface area contributed by atoms with Crippen molar-refractivity contribution in [2.75, 3.05) is 0 Å². The van der Waals surface area contributed by atoms with Gasteiger partial charge in [0.25, 0.3) is 0 Å². The molecule has 3 aliphatic rings. The van der Waals surface area contributed by atoms with Crippen molar-refractivity contribution in [2.24, 2.45) is 0 Å². The first-order valence-electron chi connectivity index (χ1n) is 52.0. The Morgan fingerprint density at radius 1 is 0.153 bits per heavy atom. The van der Waals surface area contributed by atoms with Gasteiger partial charge in [-0.2, -0.15) is 0 Å². The van der Waals surface area contributed by atoms with Gasteiger partial charge >= 0.3 is 5.66 Å². The first kappa shape index (κ1) is 85.9. The molecule has 150 heavy (non-hydrogen) atoms. The summed E-state index contributed by atoms with van der Waals surface area (Å²) in [5.74, 6) is 0. The quantitative estimate of drug-likeness (QED) is 0.107. The van der Waals surface area contributed by atoms with Gasteiger partial charge in [0.15, 0.2) is 12.4 Å². The highest BCUT2D eigenvalue weighted by molar-refractivity contribution is 6.28. The lowest BCUT2D eigenvalue weighted by Gasteiger charge is -2.17. The van der Waals surface area contributed by atoms with E-state index in [2.05, 4.69) is 586 Å². The molecule has 24 aromatic carbocycles. The lowest BCUT2D eigenvalue weighted by Crippen LogP contribution is -2.71. The standard InChI is InChI=1S/C48H30N2.C37H24.C36H24N2.C23H16N2/c1-2-15-37-35(13-1)36-14-3-4-16-38(36)44-29-31(25-26-39(37)44)32-27-33(49-45-21-9-5-17-40(45)41-18-6-10-22-46(41)49)30-34(28-32)50-47-23-11-7-19-42(47)43-20-8-12-24-48(43)50;1-2-12-28-27(9-1)23-36-29(17-8-18-30(28)36)26-11-7-10-24(21-26)25-19-20-35-33-15-4-3-13-31(33)32-14-5-6-16-34(32)37(35)22-25;1-3-11-27(12-4-1)37-33-17-9-7-15-29(33)31-23-25(19-21-35(31)37)26-20-22-36-32(24-26)30-16-8-10-18-34(30)38(36)28-13-5-2-6-14-28;1-3-11-19-17(9-1)21-13-5-7-15-24(21)23(19)20-12-4-2-10-18(20)22-14-6-8-16-25(22)23/h1-30H;1-22H,23H2;1-24H;1-16H/q;;;+2. The average Bonchev–Trinajstić information content (AvgIpc) is 1.51. The van der Waals surface area contributed by atoms with E-state index in [4.69, 9.17) is 0 Å². The number of pyridine rings is 2. The lowest BCUT2D eigenvalue weighted by molar-refractivity contribution is -0.955. The number of hydrogen-bond acceptors (Lipinski definition) is 0. The van der Waals surface area contributed by atoms with Crippen LogP contribution in [-0.4, -0.2) is 18.3 Å². The second-order valence-corrected chi connectivity index (χ2v) is 39.9. The summed E-state index contributed by atoms with van der Waals surface area (Å²) in [4.78, 5) is 0. The highest BCUT2D eigenvalue weighted by Crippen LogP contribution is 2.51. The first-order chi connectivity index (χ1) is 74.4. The molecule has 6 nitrogen and oxygen atoms in total. The molecule has 0 amide bonds. The lowest BCUT2D eigenvalue weighted by atomic mass is 9.90. The average molecular weight is 1910 g/mol. The zero-order chi connectivity index (χ0) is 98.6. The molecule has 2 aliphatic heterocycles. The fourth-order valence-electron chi connectivity index (χ4n) is 25.6. The Morgan fingerprint density at radius 2 is 0.433 bits per heavy atom. The van der Waals surface area contributed by atoms with Crippen molar-refractivity contribution in [3.63, 3.8) is 0 Å². The van der Waals surface area contributed by atoms with Gasteiger partial charge in [-0.25, -0.2) is 0 Å². The van der Waals surface area contributed by atoms with Crippen molar-refractivity contribution in [3.8, 4) is 101 Å². The highest BCUT2D eigenvalue weighted by Gasteiger charge is 2.66. The van der Waals surface area contributed by atoms with E-state index in [9.17, 15) is 0 Å². The minimum absolute atomic E-state index is 0.347. The molecule has 0 atom stereocenters. The maximum Gasteiger partial charge on any atom is 0.417 e. The molecule has 6 aromatic heterocycles. The van der Waals surface area contributed by atoms with Gasteiger partial charge in [-0.3, -0.25) is 0 Å². The van der Waals surface area contributed by atoms with Crippen LogP contribution in [0.3, 0.4) is 0 Å². The van der Waals surface area contributed by atoms with Gasteiger partial charge in [-0.05, 0) is 296 Å². The monoisotopic (exact) mass is 1910 g/mol. The van der Waals surface area contributed by atoms with E-state index in [1.807, 2.05) is 0 Å². The predicted molar refractivity (Wildman–Crippen MR) is 627 cm³/mol. The van der Waals surface area contributed by atoms with Gasteiger partial charge in [0.05, 0.1) is 55.3 Å². The number of fused-ring (bicyclic) bond motifs is 37. The van der Waals surface area contributed by atoms with E-state index in [0.29, 0.717) is 0 Å². The van der Waals surface area contributed by atoms with Gasteiger partial charge in [0, 0.05) is 90.1 Å². The van der Waals surface area contributed by atoms with Crippen molar-refractivity contribution in [1.82, 2.24) is 18.3 Å². The number of para-hydroxylation sites is 8. The molecule has 0 bridgehead atoms. The van der Waals surface area contributed by atoms with Crippen LogP contribution in [0.15, 0.2) is 558 Å². The normalized spacial score (nSPS) is 12.4. The number of nitrogens with zero attached hydrogens (tertiary/aromatic N) is 6. The third-order valence-electron chi connectivity index (χ3n) is 32.0. The number of rotatable bonds is 8. The summed E-state index contributed by atoms with van der Waals surface area (Å²) in [6, 6.07) is 199. The number of aromatic nitrogens is 6. The molecule has 6 heteroatoms. The van der Waals surface area contributed by atoms with E-state index in [1.54, 1.807) is 0 Å². The minimum atomic E-state index is -0.347. The fraction of sp³-hybridized carbons (Fsp3) is 0.0139. The van der Waals surface area contributed by atoms with Crippen LogP contribution < -0.4 is 9.13 Å². The van der Waals surface area contributed by atoms with Crippen LogP contribution in [-0.2, 0) is 12.1 Å². The highest BCUT2D eigenvalue weighted by atomic mass is 15.3. The Morgan fingerprint density at radius 3 is 0.853 bits per heavy atom. The zero-order valence-corrected chi connectivity index (χ0v) is 82.0. The minimum Gasteiger partial charge on any atom is -0.309 e. The largest absolute Gasteiger partial charge is 0.417 e. The van der Waals surface area contributed by atoms with Gasteiger partial charge < -0.3 is 18.3 Å². The maximum atomic E-state index is 2.44. The van der Waals surface area contributed by atoms with Crippen LogP contribution in [0.25, 0.3) is 253 Å². The van der Waals surface area contributed by atoms with E-state index in [-0.39, 0.29) is 5.66 Å². The Hall–Kier alpha value is -19.7. The Kier molecular flexibility index (Phi) is 19.9. The van der Waals surface area contributed by atoms with Crippen molar-refractivity contribution in [1.29, 1.82) is 0 Å². The zero-order valence-electron chi connectivity index (χ0n) is 82.0. The summed E-state index contributed by atoms with van der Waals surface area (Å²) >= 11 is 0. The van der Waals surface area contributed by atoms with E-state index >= 15 is 0 Å². The van der Waals surface area contributed by atoms with Crippen LogP contribution >= 0.6 is 0 Å². The van der Waals surface area contributed by atoms with Crippen molar-refractivity contribution in [2.45, 2.75) is 12.1 Å². The first-order valence-corrected chi connectivity index (χ1v) is 52.0. The van der Waals surface area contributed by atoms with Gasteiger partial charge in [-0.1, -0.05) is 364 Å². The number of hydrogen-bond donors (Lipinski definition) is 0. The van der Waals surface area contributed by atoms with Gasteiger partial charge in [-0.15, -0.1) is 9.13 Å². The SMILES string of the molecule is c1cc(-c2ccc3c4ccccc4c4ccccc4c3c2)cc(-c2cccc3c2Cc2ccccc2-3)c1.c1ccc(-n2c3ccccc3c3cc(-c4ccc5c(c4)c4ccccc4n5-c4ccccc4)ccc32)cc1.c1ccc2c(c1)-c1cccc[n+]1C21c2ccccc2-c2cccc[n+]21.c1ccc2c(c1)c1ccccc1c1cc(-c3cc(-n4c5ccccc5c5ccccc54)cc(-n4c5ccccc5c5ccccc54)c3)ccc21. The molecule has 0 saturated carbocycles. The van der Waals surface area contributed by atoms with Crippen LogP contribution in [0.5, 0.6) is 0 Å². The second-order valence-electron chi connectivity index (χ2n) is 39.9. The predicted octanol–water partition coefficient (Wildman–Crippen LogP) is 36.1. The van der Waals surface area contributed by atoms with Crippen molar-refractivity contribution in [3.05, 3.63) is 581 Å². The third kappa shape index (κ3) is 13.5. The molecular weight excluding hydrogens is 1810 g/mol. The summed E-state index contributed by atoms with van der Waals surface area (Å²) in [7, 11) is 0. The number of benzene rings is 24. The molecule has 1 spiro atoms. The van der Waals surface area contributed by atoms with Gasteiger partial charge in [0.2, 0.25) is 11.4 Å². The Bertz CT molecular complexity index is 10200. The van der Waals surface area contributed by atoms with Crippen LogP contribution in [0.2, 0.25) is 0 Å². The molecular formula is C144H94N6+2. The van der Waals surface area contributed by atoms with Crippen molar-refractivity contribution >= 4 is 152 Å². The Labute approximate surface area is 866 Å². The van der Waals surface area contributed by atoms with E-state index in [0.717, 1.165) is 17.8 Å². The molecule has 698 valence electrons. The summed E-state index contributed by atoms with van der Waals surface area (Å²) in [6.45, 7) is 0. The summed E-state index contributed by atoms with van der Waals surface area (Å²) < 4.78 is 14.5. The molecule has 30 aromatic rings. The summed E-state index contributed by atoms with van der Waals surface area (Å²) in [5.41, 5.74) is 37.4. The van der Waals surface area contributed by atoms with Crippen LogP contribution in [0.4, 0.5) is 0 Å². The van der Waals surface area contributed by atoms with Gasteiger partial charge in [0.1, 0.15) is 11.1 Å². The summed E-state index contributed by atoms with van der Waals surface area (Å²) in [6.07, 6.45) is 5.42. The molecule has 1 aliphatic carbocycles. The van der Waals surface area contributed by atoms with Crippen LogP contribution in [0.1, 0.15) is 22.3 Å². The molecule has 0 radical (unpaired) electrons. The molecule has 0 saturated heterocycles. The molecule has 0 N–H and O–H groups in total. The molecule has 0 fully saturated rings. The Balaban J connectivity index is 0.0000000942. The fourth-order valence-corrected chi connectivity index (χ4v) is 25.6. The summed E-state index contributed by atoms with van der Waals surface area (Å²) in [5, 5.41) is 25.7.